The lowest BCUT2D eigenvalue weighted by atomic mass is 10.1. The molecular weight excluding hydrogens is 300 g/mol. The average Bonchev–Trinajstić information content (AvgIpc) is 2.50. The minimum absolute atomic E-state index is 0.0345. The molecule has 0 bridgehead atoms. The number of carbonyl (C=O) groups is 2. The van der Waals surface area contributed by atoms with Crippen LogP contribution in [0, 0.1) is 0 Å². The summed E-state index contributed by atoms with van der Waals surface area (Å²) in [6.07, 6.45) is 1.58. The molecule has 7 heteroatoms. The number of carboxylic acid groups (broad SMARTS) is 2. The Balaban J connectivity index is 1.86. The van der Waals surface area contributed by atoms with E-state index in [0.717, 1.165) is 30.0 Å². The number of carboxylic acids is 2. The van der Waals surface area contributed by atoms with Crippen molar-refractivity contribution in [3.05, 3.63) is 23.8 Å². The van der Waals surface area contributed by atoms with Crippen molar-refractivity contribution in [2.24, 2.45) is 0 Å². The summed E-state index contributed by atoms with van der Waals surface area (Å²) in [5.74, 6) is -0.918. The molecule has 1 aliphatic heterocycles. The summed E-state index contributed by atoms with van der Waals surface area (Å²) < 4.78 is 5.56. The van der Waals surface area contributed by atoms with E-state index < -0.39 is 11.9 Å². The summed E-state index contributed by atoms with van der Waals surface area (Å²) in [6.45, 7) is 2.44. The first-order valence-corrected chi connectivity index (χ1v) is 7.71. The molecule has 3 N–H and O–H groups in total. The fraction of sp³-hybridized carbons (Fsp3) is 0.500. The SMILES string of the molecule is O=C(O)CCCNCCc1ccc2c(c1)N(CC(=O)O)CCO2. The summed E-state index contributed by atoms with van der Waals surface area (Å²) in [5, 5.41) is 20.8. The minimum Gasteiger partial charge on any atom is -0.490 e. The van der Waals surface area contributed by atoms with Gasteiger partial charge in [-0.05, 0) is 43.6 Å². The molecule has 0 spiro atoms. The molecular formula is C16H22N2O5. The zero-order chi connectivity index (χ0) is 16.7. The first-order chi connectivity index (χ1) is 11.1. The van der Waals surface area contributed by atoms with Gasteiger partial charge >= 0.3 is 11.9 Å². The lowest BCUT2D eigenvalue weighted by molar-refractivity contribution is -0.137. The summed E-state index contributed by atoms with van der Waals surface area (Å²) in [4.78, 5) is 23.2. The van der Waals surface area contributed by atoms with Gasteiger partial charge < -0.3 is 25.2 Å². The number of aliphatic carboxylic acids is 2. The molecule has 7 nitrogen and oxygen atoms in total. The summed E-state index contributed by atoms with van der Waals surface area (Å²) in [6, 6.07) is 5.82. The van der Waals surface area contributed by atoms with E-state index in [4.69, 9.17) is 14.9 Å². The molecule has 0 aliphatic carbocycles. The van der Waals surface area contributed by atoms with Gasteiger partial charge in [0, 0.05) is 6.42 Å². The van der Waals surface area contributed by atoms with Crippen molar-refractivity contribution in [3.63, 3.8) is 0 Å². The molecule has 0 atom stereocenters. The van der Waals surface area contributed by atoms with Crippen LogP contribution in [0.5, 0.6) is 5.75 Å². The molecule has 1 aliphatic rings. The van der Waals surface area contributed by atoms with Gasteiger partial charge in [0.05, 0.1) is 12.2 Å². The second-order valence-corrected chi connectivity index (χ2v) is 5.46. The first kappa shape index (κ1) is 17.1. The molecule has 0 radical (unpaired) electrons. The minimum atomic E-state index is -0.858. The van der Waals surface area contributed by atoms with Gasteiger partial charge in [-0.3, -0.25) is 9.59 Å². The maximum absolute atomic E-state index is 10.9. The van der Waals surface area contributed by atoms with Crippen molar-refractivity contribution >= 4 is 17.6 Å². The topological polar surface area (TPSA) is 99.1 Å². The lowest BCUT2D eigenvalue weighted by Crippen LogP contribution is -2.36. The highest BCUT2D eigenvalue weighted by Crippen LogP contribution is 2.32. The van der Waals surface area contributed by atoms with Gasteiger partial charge in [-0.1, -0.05) is 6.07 Å². The number of nitrogens with zero attached hydrogens (tertiary/aromatic N) is 1. The molecule has 0 aromatic heterocycles. The standard InChI is InChI=1S/C16H22N2O5/c19-15(20)2-1-6-17-7-5-12-3-4-14-13(10-12)18(8-9-23-14)11-16(21)22/h3-4,10,17H,1-2,5-9,11H2,(H,19,20)(H,21,22). The Hall–Kier alpha value is -2.28. The van der Waals surface area contributed by atoms with E-state index in [-0.39, 0.29) is 13.0 Å². The molecule has 0 saturated carbocycles. The molecule has 1 heterocycles. The van der Waals surface area contributed by atoms with Crippen molar-refractivity contribution in [1.82, 2.24) is 5.32 Å². The Labute approximate surface area is 134 Å². The summed E-state index contributed by atoms with van der Waals surface area (Å²) in [7, 11) is 0. The number of hydrogen-bond acceptors (Lipinski definition) is 5. The molecule has 0 amide bonds. The zero-order valence-electron chi connectivity index (χ0n) is 13.0. The first-order valence-electron chi connectivity index (χ1n) is 7.71. The van der Waals surface area contributed by atoms with Crippen molar-refractivity contribution in [2.75, 3.05) is 37.7 Å². The number of benzene rings is 1. The molecule has 2 rings (SSSR count). The largest absolute Gasteiger partial charge is 0.490 e. The van der Waals surface area contributed by atoms with E-state index in [0.29, 0.717) is 26.1 Å². The monoisotopic (exact) mass is 322 g/mol. The fourth-order valence-corrected chi connectivity index (χ4v) is 2.52. The fourth-order valence-electron chi connectivity index (χ4n) is 2.52. The Morgan fingerprint density at radius 2 is 2.04 bits per heavy atom. The van der Waals surface area contributed by atoms with Crippen LogP contribution in [0.1, 0.15) is 18.4 Å². The van der Waals surface area contributed by atoms with E-state index in [1.807, 2.05) is 23.1 Å². The van der Waals surface area contributed by atoms with Crippen LogP contribution in [0.3, 0.4) is 0 Å². The average molecular weight is 322 g/mol. The number of ether oxygens (including phenoxy) is 1. The van der Waals surface area contributed by atoms with E-state index in [9.17, 15) is 9.59 Å². The van der Waals surface area contributed by atoms with Gasteiger partial charge in [0.25, 0.3) is 0 Å². The van der Waals surface area contributed by atoms with Gasteiger partial charge in [-0.2, -0.15) is 0 Å². The number of fused-ring (bicyclic) bond motifs is 1. The third-order valence-corrected chi connectivity index (χ3v) is 3.64. The van der Waals surface area contributed by atoms with E-state index in [1.54, 1.807) is 0 Å². The van der Waals surface area contributed by atoms with Crippen LogP contribution in [-0.2, 0) is 16.0 Å². The van der Waals surface area contributed by atoms with Crippen LogP contribution in [0.15, 0.2) is 18.2 Å². The maximum atomic E-state index is 10.9. The molecule has 0 unspecified atom stereocenters. The van der Waals surface area contributed by atoms with Gasteiger partial charge in [0.1, 0.15) is 18.9 Å². The van der Waals surface area contributed by atoms with Crippen molar-refractivity contribution < 1.29 is 24.5 Å². The highest BCUT2D eigenvalue weighted by Gasteiger charge is 2.20. The molecule has 0 fully saturated rings. The summed E-state index contributed by atoms with van der Waals surface area (Å²) >= 11 is 0. The number of hydrogen-bond donors (Lipinski definition) is 3. The van der Waals surface area contributed by atoms with Gasteiger partial charge in [0.15, 0.2) is 0 Å². The Morgan fingerprint density at radius 3 is 2.78 bits per heavy atom. The van der Waals surface area contributed by atoms with Crippen molar-refractivity contribution in [1.29, 1.82) is 0 Å². The highest BCUT2D eigenvalue weighted by molar-refractivity contribution is 5.75. The van der Waals surface area contributed by atoms with Crippen LogP contribution < -0.4 is 15.0 Å². The molecule has 1 aromatic rings. The number of rotatable bonds is 9. The Bertz CT molecular complexity index is 561. The molecule has 1 aromatic carbocycles. The van der Waals surface area contributed by atoms with E-state index >= 15 is 0 Å². The second kappa shape index (κ2) is 8.38. The Kier molecular flexibility index (Phi) is 6.22. The molecule has 0 saturated heterocycles. The van der Waals surface area contributed by atoms with E-state index in [1.165, 1.54) is 0 Å². The third-order valence-electron chi connectivity index (χ3n) is 3.64. The highest BCUT2D eigenvalue weighted by atomic mass is 16.5. The smallest absolute Gasteiger partial charge is 0.323 e. The molecule has 126 valence electrons. The van der Waals surface area contributed by atoms with Crippen LogP contribution in [0.25, 0.3) is 0 Å². The predicted molar refractivity (Wildman–Crippen MR) is 85.2 cm³/mol. The van der Waals surface area contributed by atoms with Crippen molar-refractivity contribution in [2.45, 2.75) is 19.3 Å². The zero-order valence-corrected chi connectivity index (χ0v) is 13.0. The maximum Gasteiger partial charge on any atom is 0.323 e. The van der Waals surface area contributed by atoms with Gasteiger partial charge in [-0.15, -0.1) is 0 Å². The molecule has 23 heavy (non-hydrogen) atoms. The normalized spacial score (nSPS) is 13.3. The second-order valence-electron chi connectivity index (χ2n) is 5.46. The van der Waals surface area contributed by atoms with Gasteiger partial charge in [-0.25, -0.2) is 0 Å². The van der Waals surface area contributed by atoms with Crippen LogP contribution in [0.2, 0.25) is 0 Å². The Morgan fingerprint density at radius 1 is 1.22 bits per heavy atom. The van der Waals surface area contributed by atoms with Gasteiger partial charge in [0.2, 0.25) is 0 Å². The lowest BCUT2D eigenvalue weighted by Gasteiger charge is -2.30. The summed E-state index contributed by atoms with van der Waals surface area (Å²) in [5.41, 5.74) is 1.91. The number of anilines is 1. The van der Waals surface area contributed by atoms with Crippen LogP contribution >= 0.6 is 0 Å². The van der Waals surface area contributed by atoms with Crippen LogP contribution in [-0.4, -0.2) is 54.9 Å². The third kappa shape index (κ3) is 5.45. The predicted octanol–water partition coefficient (Wildman–Crippen LogP) is 0.967. The quantitative estimate of drug-likeness (QED) is 0.583. The van der Waals surface area contributed by atoms with E-state index in [2.05, 4.69) is 5.32 Å². The van der Waals surface area contributed by atoms with Crippen LogP contribution in [0.4, 0.5) is 5.69 Å². The number of nitrogens with one attached hydrogen (secondary N) is 1. The van der Waals surface area contributed by atoms with Crippen molar-refractivity contribution in [3.8, 4) is 5.75 Å².